The molecule has 0 aliphatic rings. The van der Waals surface area contributed by atoms with E-state index in [4.69, 9.17) is 15.0 Å². The van der Waals surface area contributed by atoms with Crippen LogP contribution in [0.1, 0.15) is 0 Å². The van der Waals surface area contributed by atoms with Crippen LogP contribution in [-0.2, 0) is 0 Å². The zero-order valence-corrected chi connectivity index (χ0v) is 38.0. The van der Waals surface area contributed by atoms with Crippen molar-refractivity contribution in [2.24, 2.45) is 0 Å². The van der Waals surface area contributed by atoms with Gasteiger partial charge in [0.25, 0.3) is 0 Å². The van der Waals surface area contributed by atoms with Crippen LogP contribution in [-0.4, -0.2) is 24.1 Å². The van der Waals surface area contributed by atoms with Crippen LogP contribution in [0.15, 0.2) is 237 Å². The fourth-order valence-electron chi connectivity index (χ4n) is 10.4. The summed E-state index contributed by atoms with van der Waals surface area (Å²) in [4.78, 5) is 16.0. The van der Waals surface area contributed by atoms with Gasteiger partial charge in [-0.1, -0.05) is 176 Å². The van der Waals surface area contributed by atoms with E-state index in [2.05, 4.69) is 209 Å². The van der Waals surface area contributed by atoms with E-state index < -0.39 is 0 Å². The van der Waals surface area contributed by atoms with Gasteiger partial charge in [-0.2, -0.15) is 0 Å². The first-order valence-electron chi connectivity index (χ1n) is 23.3. The Balaban J connectivity index is 1.09. The Kier molecular flexibility index (Phi) is 9.00. The second-order valence-corrected chi connectivity index (χ2v) is 18.6. The van der Waals surface area contributed by atoms with Crippen molar-refractivity contribution < 1.29 is 0 Å². The van der Waals surface area contributed by atoms with Gasteiger partial charge in [0, 0.05) is 75.3 Å². The normalized spacial score (nSPS) is 11.8. The van der Waals surface area contributed by atoms with Crippen molar-refractivity contribution in [3.8, 4) is 67.8 Å². The second kappa shape index (κ2) is 15.8. The van der Waals surface area contributed by atoms with Crippen LogP contribution in [0.5, 0.6) is 0 Å². The van der Waals surface area contributed by atoms with Gasteiger partial charge >= 0.3 is 0 Å². The van der Waals surface area contributed by atoms with Gasteiger partial charge in [0.2, 0.25) is 0 Å². The Morgan fingerprint density at radius 1 is 0.275 bits per heavy atom. The van der Waals surface area contributed by atoms with Gasteiger partial charge in [0.05, 0.1) is 22.1 Å². The Hall–Kier alpha value is -8.97. The summed E-state index contributed by atoms with van der Waals surface area (Å²) in [5.74, 6) is 1.84. The minimum Gasteiger partial charge on any atom is -0.309 e. The summed E-state index contributed by atoms with van der Waals surface area (Å²) < 4.78 is 7.28. The summed E-state index contributed by atoms with van der Waals surface area (Å²) in [6, 6.07) is 84.6. The van der Waals surface area contributed by atoms with Crippen molar-refractivity contribution in [2.45, 2.75) is 0 Å². The largest absolute Gasteiger partial charge is 0.309 e. The molecule has 0 saturated heterocycles. The van der Waals surface area contributed by atoms with E-state index >= 15 is 0 Å². The summed E-state index contributed by atoms with van der Waals surface area (Å²) in [5, 5.41) is 7.29. The highest BCUT2D eigenvalue weighted by molar-refractivity contribution is 7.26. The predicted molar refractivity (Wildman–Crippen MR) is 289 cm³/mol. The van der Waals surface area contributed by atoms with Crippen molar-refractivity contribution >= 4 is 75.1 Å². The van der Waals surface area contributed by atoms with Crippen LogP contribution in [0.25, 0.3) is 132 Å². The number of hydrogen-bond donors (Lipinski definition) is 0. The molecule has 0 spiro atoms. The van der Waals surface area contributed by atoms with Gasteiger partial charge in [-0.3, -0.25) is 0 Å². The summed E-state index contributed by atoms with van der Waals surface area (Å²) in [6.07, 6.45) is 0. The van der Waals surface area contributed by atoms with Crippen LogP contribution in [0.4, 0.5) is 0 Å². The zero-order valence-electron chi connectivity index (χ0n) is 37.2. The number of thiophene rings is 1. The van der Waals surface area contributed by atoms with Crippen molar-refractivity contribution in [2.75, 3.05) is 0 Å². The molecule has 6 heteroatoms. The molecule has 0 radical (unpaired) electrons. The van der Waals surface area contributed by atoms with Gasteiger partial charge in [-0.25, -0.2) is 15.0 Å². The third kappa shape index (κ3) is 6.41. The Morgan fingerprint density at radius 2 is 0.754 bits per heavy atom. The first kappa shape index (κ1) is 39.2. The molecule has 0 fully saturated rings. The highest BCUT2D eigenvalue weighted by atomic mass is 32.1. The molecule has 322 valence electrons. The van der Waals surface area contributed by atoms with Crippen molar-refractivity contribution in [3.63, 3.8) is 0 Å². The highest BCUT2D eigenvalue weighted by Gasteiger charge is 2.23. The van der Waals surface area contributed by atoms with E-state index in [0.29, 0.717) is 17.5 Å². The lowest BCUT2D eigenvalue weighted by molar-refractivity contribution is 1.07. The lowest BCUT2D eigenvalue weighted by Gasteiger charge is -2.17. The average molecular weight is 898 g/mol. The minimum absolute atomic E-state index is 0.600. The van der Waals surface area contributed by atoms with Crippen molar-refractivity contribution in [1.82, 2.24) is 24.1 Å². The third-order valence-corrected chi connectivity index (χ3v) is 14.8. The van der Waals surface area contributed by atoms with Crippen LogP contribution in [0.2, 0.25) is 0 Å². The minimum atomic E-state index is 0.600. The second-order valence-electron chi connectivity index (χ2n) is 17.6. The van der Waals surface area contributed by atoms with E-state index in [1.807, 2.05) is 47.7 Å². The summed E-state index contributed by atoms with van der Waals surface area (Å²) >= 11 is 1.84. The molecule has 14 rings (SSSR count). The molecule has 0 bridgehead atoms. The molecule has 0 atom stereocenters. The number of fused-ring (bicyclic) bond motifs is 9. The maximum Gasteiger partial charge on any atom is 0.164 e. The van der Waals surface area contributed by atoms with Gasteiger partial charge in [0.15, 0.2) is 17.5 Å². The van der Waals surface area contributed by atoms with Crippen molar-refractivity contribution in [3.05, 3.63) is 237 Å². The Bertz CT molecular complexity index is 4190. The number of aromatic nitrogens is 5. The quantitative estimate of drug-likeness (QED) is 0.160. The molecular formula is C63H39N5S. The summed E-state index contributed by atoms with van der Waals surface area (Å²) in [7, 11) is 0. The molecular weight excluding hydrogens is 859 g/mol. The Morgan fingerprint density at radius 3 is 1.38 bits per heavy atom. The topological polar surface area (TPSA) is 48.5 Å². The van der Waals surface area contributed by atoms with E-state index in [9.17, 15) is 0 Å². The molecule has 10 aromatic carbocycles. The molecule has 0 amide bonds. The molecule has 0 unspecified atom stereocenters. The number of nitrogens with zero attached hydrogens (tertiary/aromatic N) is 5. The first-order valence-corrected chi connectivity index (χ1v) is 24.1. The maximum atomic E-state index is 5.42. The molecule has 0 aliphatic heterocycles. The van der Waals surface area contributed by atoms with Crippen LogP contribution >= 0.6 is 11.3 Å². The van der Waals surface area contributed by atoms with Gasteiger partial charge < -0.3 is 9.13 Å². The van der Waals surface area contributed by atoms with Gasteiger partial charge in [-0.15, -0.1) is 11.3 Å². The number of para-hydroxylation sites is 3. The Labute approximate surface area is 401 Å². The van der Waals surface area contributed by atoms with Crippen LogP contribution in [0, 0.1) is 0 Å². The average Bonchev–Trinajstić information content (AvgIpc) is 4.09. The molecule has 5 nitrogen and oxygen atoms in total. The molecule has 4 aromatic heterocycles. The smallest absolute Gasteiger partial charge is 0.164 e. The van der Waals surface area contributed by atoms with Gasteiger partial charge in [0.1, 0.15) is 0 Å². The lowest BCUT2D eigenvalue weighted by atomic mass is 9.95. The monoisotopic (exact) mass is 897 g/mol. The van der Waals surface area contributed by atoms with Gasteiger partial charge in [-0.05, 0) is 77.4 Å². The SMILES string of the molecule is c1ccc(-c2ccc3c(c2)c2ccccc2n3-c2ccc(-c3cc(-n4c5ccccc5c5ccccc54)cc4c3sc3ccccc34)c(-c3nc(-c4ccccc4)nc(-c4ccccc4)n3)c2)cc1. The molecule has 4 heterocycles. The van der Waals surface area contributed by atoms with Crippen LogP contribution < -0.4 is 0 Å². The summed E-state index contributed by atoms with van der Waals surface area (Å²) in [5.41, 5.74) is 14.0. The van der Waals surface area contributed by atoms with E-state index in [1.54, 1.807) is 0 Å². The zero-order chi connectivity index (χ0) is 45.4. The first-order chi connectivity index (χ1) is 34.2. The fraction of sp³-hybridized carbons (Fsp3) is 0. The van der Waals surface area contributed by atoms with Crippen LogP contribution in [0.3, 0.4) is 0 Å². The lowest BCUT2D eigenvalue weighted by Crippen LogP contribution is -2.03. The van der Waals surface area contributed by atoms with E-state index in [1.165, 1.54) is 63.9 Å². The highest BCUT2D eigenvalue weighted by Crippen LogP contribution is 2.46. The number of benzene rings is 10. The third-order valence-electron chi connectivity index (χ3n) is 13.6. The molecule has 14 aromatic rings. The molecule has 0 N–H and O–H groups in total. The number of rotatable bonds is 7. The summed E-state index contributed by atoms with van der Waals surface area (Å²) in [6.45, 7) is 0. The van der Waals surface area contributed by atoms with E-state index in [0.717, 1.165) is 50.2 Å². The maximum absolute atomic E-state index is 5.42. The number of hydrogen-bond acceptors (Lipinski definition) is 4. The van der Waals surface area contributed by atoms with E-state index in [-0.39, 0.29) is 0 Å². The molecule has 0 aliphatic carbocycles. The molecule has 69 heavy (non-hydrogen) atoms. The predicted octanol–water partition coefficient (Wildman–Crippen LogP) is 16.8. The standard InChI is InChI=1S/C63H39N5S/c1-4-18-40(19-5-1)43-32-35-58-51(36-43)49-26-12-16-30-57(49)67(58)44-33-34-46(54(37-44)63-65-61(41-20-6-2-7-21-41)64-62(66-63)42-22-8-3-9-23-42)52-38-45(39-53-50-27-13-17-31-59(50)69-60(52)53)68-55-28-14-10-24-47(55)48-25-11-15-29-56(48)68/h1-39H. The van der Waals surface area contributed by atoms with Crippen molar-refractivity contribution in [1.29, 1.82) is 0 Å². The fourth-order valence-corrected chi connectivity index (χ4v) is 11.6. The molecule has 0 saturated carbocycles.